The third-order valence-corrected chi connectivity index (χ3v) is 3.79. The third kappa shape index (κ3) is 3.15. The molecule has 0 bridgehead atoms. The Morgan fingerprint density at radius 2 is 2.21 bits per heavy atom. The number of methoxy groups -OCH3 is 1. The fraction of sp³-hybridized carbons (Fsp3) is 0.0909. The number of nitrogens with zero attached hydrogens (tertiary/aromatic N) is 1. The zero-order chi connectivity index (χ0) is 14.0. The van der Waals surface area contributed by atoms with Crippen molar-refractivity contribution in [3.05, 3.63) is 39.1 Å². The van der Waals surface area contributed by atoms with Gasteiger partial charge in [0.15, 0.2) is 15.2 Å². The number of hydrogen-bond donors (Lipinski definition) is 1. The zero-order valence-corrected chi connectivity index (χ0v) is 11.9. The lowest BCUT2D eigenvalue weighted by atomic mass is 10.3. The van der Waals surface area contributed by atoms with E-state index in [1.165, 1.54) is 25.3 Å². The number of ether oxygens (including phenoxy) is 1. The van der Waals surface area contributed by atoms with Gasteiger partial charge in [0.2, 0.25) is 0 Å². The molecular formula is C11H7Cl2FN2O2S. The highest BCUT2D eigenvalue weighted by atomic mass is 35.5. The first-order chi connectivity index (χ1) is 9.01. The fourth-order valence-corrected chi connectivity index (χ4v) is 2.56. The first-order valence-electron chi connectivity index (χ1n) is 4.98. The molecule has 0 saturated carbocycles. The summed E-state index contributed by atoms with van der Waals surface area (Å²) in [5.41, 5.74) is 0.337. The van der Waals surface area contributed by atoms with Crippen molar-refractivity contribution in [2.45, 2.75) is 0 Å². The predicted molar refractivity (Wildman–Crippen MR) is 73.2 cm³/mol. The molecule has 0 amide bonds. The van der Waals surface area contributed by atoms with E-state index in [4.69, 9.17) is 23.2 Å². The van der Waals surface area contributed by atoms with Crippen LogP contribution in [0.3, 0.4) is 0 Å². The first-order valence-corrected chi connectivity index (χ1v) is 6.55. The highest BCUT2D eigenvalue weighted by molar-refractivity contribution is 7.18. The minimum absolute atomic E-state index is 0.0203. The minimum atomic E-state index is -0.583. The topological polar surface area (TPSA) is 51.2 Å². The summed E-state index contributed by atoms with van der Waals surface area (Å²) in [7, 11) is 1.24. The molecular weight excluding hydrogens is 314 g/mol. The third-order valence-electron chi connectivity index (χ3n) is 2.13. The van der Waals surface area contributed by atoms with E-state index in [0.717, 1.165) is 11.3 Å². The molecule has 0 fully saturated rings. The number of anilines is 2. The number of benzene rings is 1. The molecule has 1 N–H and O–H groups in total. The van der Waals surface area contributed by atoms with Crippen LogP contribution in [0.2, 0.25) is 10.2 Å². The molecule has 0 saturated heterocycles. The lowest BCUT2D eigenvalue weighted by Gasteiger charge is -2.04. The molecule has 0 aliphatic heterocycles. The van der Waals surface area contributed by atoms with Crippen LogP contribution >= 0.6 is 34.5 Å². The average molecular weight is 321 g/mol. The molecule has 0 spiro atoms. The van der Waals surface area contributed by atoms with Gasteiger partial charge in [-0.25, -0.2) is 14.2 Å². The number of rotatable bonds is 3. The van der Waals surface area contributed by atoms with Crippen LogP contribution in [-0.2, 0) is 4.74 Å². The summed E-state index contributed by atoms with van der Waals surface area (Å²) in [6, 6.07) is 3.87. The van der Waals surface area contributed by atoms with Crippen molar-refractivity contribution in [1.29, 1.82) is 0 Å². The Bertz CT molecular complexity index is 633. The summed E-state index contributed by atoms with van der Waals surface area (Å²) in [5, 5.41) is 3.46. The molecule has 0 atom stereocenters. The molecule has 0 aliphatic rings. The number of thiazole rings is 1. The second-order valence-electron chi connectivity index (χ2n) is 3.38. The molecule has 4 nitrogen and oxygen atoms in total. The van der Waals surface area contributed by atoms with E-state index in [1.54, 1.807) is 0 Å². The predicted octanol–water partition coefficient (Wildman–Crippen LogP) is 4.12. The molecule has 0 aliphatic carbocycles. The SMILES string of the molecule is COC(=O)c1sc(Nc2cc(F)ccc2Cl)nc1Cl. The fourth-order valence-electron chi connectivity index (χ4n) is 1.28. The van der Waals surface area contributed by atoms with Crippen LogP contribution < -0.4 is 5.32 Å². The van der Waals surface area contributed by atoms with Gasteiger partial charge in [-0.3, -0.25) is 0 Å². The summed E-state index contributed by atoms with van der Waals surface area (Å²) in [5.74, 6) is -1.02. The molecule has 0 unspecified atom stereocenters. The van der Waals surface area contributed by atoms with E-state index < -0.39 is 11.8 Å². The van der Waals surface area contributed by atoms with Crippen molar-refractivity contribution in [1.82, 2.24) is 4.98 Å². The van der Waals surface area contributed by atoms with Crippen molar-refractivity contribution >= 4 is 51.3 Å². The van der Waals surface area contributed by atoms with Gasteiger partial charge in [0.25, 0.3) is 0 Å². The van der Waals surface area contributed by atoms with Crippen molar-refractivity contribution in [2.24, 2.45) is 0 Å². The van der Waals surface area contributed by atoms with Gasteiger partial charge >= 0.3 is 5.97 Å². The van der Waals surface area contributed by atoms with Crippen LogP contribution in [0.5, 0.6) is 0 Å². The summed E-state index contributed by atoms with van der Waals surface area (Å²) in [6.07, 6.45) is 0. The van der Waals surface area contributed by atoms with E-state index in [-0.39, 0.29) is 10.0 Å². The molecule has 1 heterocycles. The van der Waals surface area contributed by atoms with Gasteiger partial charge in [-0.15, -0.1) is 0 Å². The largest absolute Gasteiger partial charge is 0.465 e. The summed E-state index contributed by atoms with van der Waals surface area (Å²) in [4.78, 5) is 15.5. The van der Waals surface area contributed by atoms with Crippen molar-refractivity contribution in [3.63, 3.8) is 0 Å². The molecule has 19 heavy (non-hydrogen) atoms. The average Bonchev–Trinajstić information content (AvgIpc) is 2.74. The Kier molecular flexibility index (Phi) is 4.24. The minimum Gasteiger partial charge on any atom is -0.465 e. The Morgan fingerprint density at radius 1 is 1.47 bits per heavy atom. The first kappa shape index (κ1) is 14.0. The quantitative estimate of drug-likeness (QED) is 0.864. The Hall–Kier alpha value is -1.37. The number of hydrogen-bond acceptors (Lipinski definition) is 5. The maximum Gasteiger partial charge on any atom is 0.351 e. The number of aromatic nitrogens is 1. The van der Waals surface area contributed by atoms with Crippen LogP contribution in [0.15, 0.2) is 18.2 Å². The second kappa shape index (κ2) is 5.73. The second-order valence-corrected chi connectivity index (χ2v) is 5.14. The molecule has 2 aromatic rings. The van der Waals surface area contributed by atoms with Crippen LogP contribution in [0, 0.1) is 5.82 Å². The number of halogens is 3. The molecule has 2 rings (SSSR count). The van der Waals surface area contributed by atoms with E-state index in [1.807, 2.05) is 0 Å². The van der Waals surface area contributed by atoms with Gasteiger partial charge in [0.1, 0.15) is 5.82 Å². The Balaban J connectivity index is 2.29. The van der Waals surface area contributed by atoms with Gasteiger partial charge < -0.3 is 10.1 Å². The molecule has 0 radical (unpaired) electrons. The lowest BCUT2D eigenvalue weighted by molar-refractivity contribution is 0.0606. The van der Waals surface area contributed by atoms with Gasteiger partial charge in [0, 0.05) is 0 Å². The monoisotopic (exact) mass is 320 g/mol. The van der Waals surface area contributed by atoms with E-state index in [2.05, 4.69) is 15.0 Å². The van der Waals surface area contributed by atoms with Crippen molar-refractivity contribution < 1.29 is 13.9 Å². The molecule has 1 aromatic heterocycles. The highest BCUT2D eigenvalue weighted by Gasteiger charge is 2.17. The summed E-state index contributed by atoms with van der Waals surface area (Å²) < 4.78 is 17.7. The number of carbonyl (C=O) groups is 1. The van der Waals surface area contributed by atoms with Gasteiger partial charge in [-0.2, -0.15) is 0 Å². The summed E-state index contributed by atoms with van der Waals surface area (Å²) >= 11 is 12.7. The smallest absolute Gasteiger partial charge is 0.351 e. The maximum absolute atomic E-state index is 13.1. The standard InChI is InChI=1S/C11H7Cl2FN2O2S/c1-18-10(17)8-9(13)16-11(19-8)15-7-4-5(14)2-3-6(7)12/h2-4H,1H3,(H,15,16). The van der Waals surface area contributed by atoms with Crippen molar-refractivity contribution in [2.75, 3.05) is 12.4 Å². The number of nitrogens with one attached hydrogen (secondary N) is 1. The zero-order valence-electron chi connectivity index (χ0n) is 9.54. The van der Waals surface area contributed by atoms with Gasteiger partial charge in [0.05, 0.1) is 17.8 Å². The van der Waals surface area contributed by atoms with Crippen LogP contribution in [0.4, 0.5) is 15.2 Å². The van der Waals surface area contributed by atoms with Crippen LogP contribution in [0.25, 0.3) is 0 Å². The normalized spacial score (nSPS) is 10.3. The lowest BCUT2D eigenvalue weighted by Crippen LogP contribution is -1.98. The molecule has 1 aromatic carbocycles. The Morgan fingerprint density at radius 3 is 2.89 bits per heavy atom. The number of esters is 1. The highest BCUT2D eigenvalue weighted by Crippen LogP contribution is 2.32. The van der Waals surface area contributed by atoms with Crippen LogP contribution in [0.1, 0.15) is 9.67 Å². The van der Waals surface area contributed by atoms with Crippen LogP contribution in [-0.4, -0.2) is 18.1 Å². The van der Waals surface area contributed by atoms with E-state index in [9.17, 15) is 9.18 Å². The maximum atomic E-state index is 13.1. The van der Waals surface area contributed by atoms with E-state index >= 15 is 0 Å². The van der Waals surface area contributed by atoms with Crippen molar-refractivity contribution in [3.8, 4) is 0 Å². The molecule has 8 heteroatoms. The number of carbonyl (C=O) groups excluding carboxylic acids is 1. The van der Waals surface area contributed by atoms with Gasteiger partial charge in [-0.05, 0) is 18.2 Å². The summed E-state index contributed by atoms with van der Waals surface area (Å²) in [6.45, 7) is 0. The van der Waals surface area contributed by atoms with E-state index in [0.29, 0.717) is 15.8 Å². The molecule has 100 valence electrons. The van der Waals surface area contributed by atoms with Gasteiger partial charge in [-0.1, -0.05) is 34.5 Å². The Labute approximate surface area is 122 Å².